The number of benzene rings is 3. The average Bonchev–Trinajstić information content (AvgIpc) is 2.85. The average molecular weight is 518 g/mol. The Labute approximate surface area is 214 Å². The zero-order valence-electron chi connectivity index (χ0n) is 21.2. The van der Waals surface area contributed by atoms with Crippen LogP contribution in [0.25, 0.3) is 11.1 Å². The lowest BCUT2D eigenvalue weighted by Gasteiger charge is -2.32. The first kappa shape index (κ1) is 28.2. The van der Waals surface area contributed by atoms with Crippen LogP contribution < -0.4 is 4.74 Å². The third-order valence-electron chi connectivity index (χ3n) is 6.42. The van der Waals surface area contributed by atoms with E-state index in [9.17, 15) is 27.5 Å². The molecule has 0 radical (unpaired) electrons. The summed E-state index contributed by atoms with van der Waals surface area (Å²) in [7, 11) is 1.36. The molecule has 37 heavy (non-hydrogen) atoms. The molecule has 0 unspecified atom stereocenters. The molecule has 198 valence electrons. The normalized spacial score (nSPS) is 13.4. The standard InChI is InChI=1S/C29H31F4NO3/c1-18(2)24-14-25(28(37-4)15-26(24)30)23-11-10-22(29(31,32)33)13-21(23)16-34(17-35)27(19(3)36)12-20-8-6-5-7-9-20/h5-11,13-15,17-19,27,36H,12,16H2,1-4H3/t19-,27+/m1/s1. The molecule has 0 bridgehead atoms. The van der Waals surface area contributed by atoms with Gasteiger partial charge in [-0.15, -0.1) is 0 Å². The largest absolute Gasteiger partial charge is 0.496 e. The quantitative estimate of drug-likeness (QED) is 0.244. The van der Waals surface area contributed by atoms with Gasteiger partial charge in [0.25, 0.3) is 0 Å². The van der Waals surface area contributed by atoms with Crippen molar-refractivity contribution in [2.24, 2.45) is 0 Å². The molecule has 0 aliphatic heterocycles. The number of hydrogen-bond acceptors (Lipinski definition) is 3. The zero-order valence-corrected chi connectivity index (χ0v) is 21.2. The van der Waals surface area contributed by atoms with Crippen molar-refractivity contribution in [3.05, 3.63) is 88.7 Å². The maximum atomic E-state index is 14.7. The van der Waals surface area contributed by atoms with E-state index >= 15 is 0 Å². The van der Waals surface area contributed by atoms with Crippen molar-refractivity contribution >= 4 is 6.41 Å². The van der Waals surface area contributed by atoms with Crippen LogP contribution in [0, 0.1) is 5.82 Å². The number of carbonyl (C=O) groups excluding carboxylic acids is 1. The van der Waals surface area contributed by atoms with E-state index in [2.05, 4.69) is 0 Å². The van der Waals surface area contributed by atoms with Gasteiger partial charge in [-0.05, 0) is 59.7 Å². The fourth-order valence-corrected chi connectivity index (χ4v) is 4.41. The number of halogens is 4. The smallest absolute Gasteiger partial charge is 0.416 e. The molecule has 4 nitrogen and oxygen atoms in total. The summed E-state index contributed by atoms with van der Waals surface area (Å²) >= 11 is 0. The van der Waals surface area contributed by atoms with Crippen LogP contribution in [0.3, 0.4) is 0 Å². The first-order chi connectivity index (χ1) is 17.5. The Morgan fingerprint density at radius 3 is 2.22 bits per heavy atom. The van der Waals surface area contributed by atoms with Crippen LogP contribution in [-0.4, -0.2) is 35.7 Å². The predicted molar refractivity (Wildman–Crippen MR) is 135 cm³/mol. The van der Waals surface area contributed by atoms with Gasteiger partial charge >= 0.3 is 6.18 Å². The Bertz CT molecular complexity index is 1210. The van der Waals surface area contributed by atoms with E-state index in [1.165, 1.54) is 31.1 Å². The monoisotopic (exact) mass is 517 g/mol. The van der Waals surface area contributed by atoms with Gasteiger partial charge in [0, 0.05) is 18.2 Å². The van der Waals surface area contributed by atoms with E-state index in [0.717, 1.165) is 17.7 Å². The third kappa shape index (κ3) is 6.68. The fourth-order valence-electron chi connectivity index (χ4n) is 4.41. The second-order valence-electron chi connectivity index (χ2n) is 9.37. The molecule has 0 heterocycles. The molecular weight excluding hydrogens is 486 g/mol. The minimum Gasteiger partial charge on any atom is -0.496 e. The van der Waals surface area contributed by atoms with Crippen LogP contribution in [0.15, 0.2) is 60.7 Å². The highest BCUT2D eigenvalue weighted by Gasteiger charge is 2.32. The maximum absolute atomic E-state index is 14.7. The van der Waals surface area contributed by atoms with Crippen molar-refractivity contribution in [1.29, 1.82) is 0 Å². The molecule has 8 heteroatoms. The summed E-state index contributed by atoms with van der Waals surface area (Å²) in [6, 6.07) is 14.6. The molecule has 0 fully saturated rings. The Morgan fingerprint density at radius 1 is 1.00 bits per heavy atom. The van der Waals surface area contributed by atoms with E-state index in [1.807, 2.05) is 44.2 Å². The molecule has 0 saturated carbocycles. The molecule has 3 aromatic rings. The first-order valence-electron chi connectivity index (χ1n) is 12.0. The molecule has 0 saturated heterocycles. The number of aliphatic hydroxyl groups excluding tert-OH is 1. The molecular formula is C29H31F4NO3. The number of ether oxygens (including phenoxy) is 1. The van der Waals surface area contributed by atoms with Gasteiger partial charge in [-0.2, -0.15) is 13.2 Å². The van der Waals surface area contributed by atoms with Gasteiger partial charge < -0.3 is 14.7 Å². The molecule has 3 rings (SSSR count). The van der Waals surface area contributed by atoms with Crippen LogP contribution in [0.4, 0.5) is 17.6 Å². The Morgan fingerprint density at radius 2 is 1.68 bits per heavy atom. The maximum Gasteiger partial charge on any atom is 0.416 e. The summed E-state index contributed by atoms with van der Waals surface area (Å²) in [5.74, 6) is -0.493. The fraction of sp³-hybridized carbons (Fsp3) is 0.345. The molecule has 1 amide bonds. The number of methoxy groups -OCH3 is 1. The van der Waals surface area contributed by atoms with Crippen molar-refractivity contribution in [3.63, 3.8) is 0 Å². The number of hydrogen-bond donors (Lipinski definition) is 1. The zero-order chi connectivity index (χ0) is 27.3. The summed E-state index contributed by atoms with van der Waals surface area (Å²) in [6.45, 7) is 4.96. The number of aliphatic hydroxyl groups is 1. The van der Waals surface area contributed by atoms with Gasteiger partial charge in [-0.25, -0.2) is 4.39 Å². The lowest BCUT2D eigenvalue weighted by Crippen LogP contribution is -2.43. The van der Waals surface area contributed by atoms with Crippen molar-refractivity contribution in [1.82, 2.24) is 4.90 Å². The van der Waals surface area contributed by atoms with Gasteiger partial charge in [-0.3, -0.25) is 4.79 Å². The number of carbonyl (C=O) groups is 1. The van der Waals surface area contributed by atoms with E-state index in [1.54, 1.807) is 6.07 Å². The molecule has 0 spiro atoms. The van der Waals surface area contributed by atoms with E-state index in [4.69, 9.17) is 4.74 Å². The predicted octanol–water partition coefficient (Wildman–Crippen LogP) is 6.59. The summed E-state index contributed by atoms with van der Waals surface area (Å²) in [5.41, 5.74) is 1.37. The molecule has 3 aromatic carbocycles. The number of nitrogens with zero attached hydrogens (tertiary/aromatic N) is 1. The highest BCUT2D eigenvalue weighted by atomic mass is 19.4. The van der Waals surface area contributed by atoms with Crippen LogP contribution in [-0.2, 0) is 23.9 Å². The summed E-state index contributed by atoms with van der Waals surface area (Å²) in [4.78, 5) is 13.5. The van der Waals surface area contributed by atoms with Gasteiger partial charge in [0.05, 0.1) is 24.8 Å². The molecule has 1 N–H and O–H groups in total. The highest BCUT2D eigenvalue weighted by Crippen LogP contribution is 2.39. The highest BCUT2D eigenvalue weighted by molar-refractivity contribution is 5.75. The van der Waals surface area contributed by atoms with Gasteiger partial charge in [0.2, 0.25) is 6.41 Å². The summed E-state index contributed by atoms with van der Waals surface area (Å²) in [6.07, 6.45) is -4.72. The lowest BCUT2D eigenvalue weighted by atomic mass is 9.91. The van der Waals surface area contributed by atoms with Crippen molar-refractivity contribution in [3.8, 4) is 16.9 Å². The first-order valence-corrected chi connectivity index (χ1v) is 12.0. The number of rotatable bonds is 10. The van der Waals surface area contributed by atoms with E-state index in [-0.39, 0.29) is 23.8 Å². The molecule has 0 aromatic heterocycles. The summed E-state index contributed by atoms with van der Waals surface area (Å²) < 4.78 is 61.0. The van der Waals surface area contributed by atoms with Crippen LogP contribution in [0.2, 0.25) is 0 Å². The Balaban J connectivity index is 2.14. The Kier molecular flexibility index (Phi) is 8.97. The third-order valence-corrected chi connectivity index (χ3v) is 6.42. The minimum atomic E-state index is -4.61. The topological polar surface area (TPSA) is 49.8 Å². The molecule has 0 aliphatic carbocycles. The van der Waals surface area contributed by atoms with Gasteiger partial charge in [-0.1, -0.05) is 50.2 Å². The molecule has 2 atom stereocenters. The van der Waals surface area contributed by atoms with Gasteiger partial charge in [0.1, 0.15) is 11.6 Å². The lowest BCUT2D eigenvalue weighted by molar-refractivity contribution is -0.137. The molecule has 0 aliphatic rings. The van der Waals surface area contributed by atoms with Crippen molar-refractivity contribution < 1.29 is 32.2 Å². The van der Waals surface area contributed by atoms with Crippen LogP contribution in [0.1, 0.15) is 48.9 Å². The SMILES string of the molecule is COc1cc(F)c(C(C)C)cc1-c1ccc(C(F)(F)F)cc1CN(C=O)[C@@H](Cc1ccccc1)[C@@H](C)O. The van der Waals surface area contributed by atoms with Crippen molar-refractivity contribution in [2.75, 3.05) is 7.11 Å². The van der Waals surface area contributed by atoms with Gasteiger partial charge in [0.15, 0.2) is 0 Å². The second-order valence-corrected chi connectivity index (χ2v) is 9.37. The Hall–Kier alpha value is -3.39. The number of alkyl halides is 3. The second kappa shape index (κ2) is 11.8. The summed E-state index contributed by atoms with van der Waals surface area (Å²) in [5, 5.41) is 10.5. The van der Waals surface area contributed by atoms with Crippen LogP contribution in [0.5, 0.6) is 5.75 Å². The van der Waals surface area contributed by atoms with Crippen molar-refractivity contribution in [2.45, 2.75) is 58.0 Å². The van der Waals surface area contributed by atoms with E-state index < -0.39 is 29.7 Å². The van der Waals surface area contributed by atoms with Crippen LogP contribution >= 0.6 is 0 Å². The van der Waals surface area contributed by atoms with E-state index in [0.29, 0.717) is 29.5 Å². The number of amides is 1. The minimum absolute atomic E-state index is 0.164.